The van der Waals surface area contributed by atoms with Gasteiger partial charge in [0.25, 0.3) is 0 Å². The van der Waals surface area contributed by atoms with Crippen LogP contribution in [0.1, 0.15) is 0 Å². The number of rotatable bonds is 8. The highest BCUT2D eigenvalue weighted by molar-refractivity contribution is 6.05. The Kier molecular flexibility index (Phi) is 9.81. The van der Waals surface area contributed by atoms with E-state index in [1.165, 1.54) is 5.56 Å². The summed E-state index contributed by atoms with van der Waals surface area (Å²) in [6, 6.07) is 81.5. The summed E-state index contributed by atoms with van der Waals surface area (Å²) in [5.41, 5.74) is 18.9. The van der Waals surface area contributed by atoms with Crippen molar-refractivity contribution in [2.75, 3.05) is 0 Å². The molecule has 12 rings (SSSR count). The lowest BCUT2D eigenvalue weighted by molar-refractivity contribution is 1.23. The minimum atomic E-state index is 0.655. The molecule has 3 heterocycles. The fourth-order valence-electron chi connectivity index (χ4n) is 9.06. The SMILES string of the molecule is c1ccc(-c2cccc(-c3cc(-c4cccc(-c5ccccc5)c4)c4nc(-c5ccc(-c6cnc7ccccc7c6)cc5)nc(-c5ccc(-c6cnc7ccccc7c6)cc5)c4c3)c2)cc1. The van der Waals surface area contributed by atoms with E-state index in [9.17, 15) is 0 Å². The third-order valence-electron chi connectivity index (χ3n) is 12.5. The normalized spacial score (nSPS) is 11.3. The maximum absolute atomic E-state index is 5.52. The molecule has 12 aromatic rings. The van der Waals surface area contributed by atoms with E-state index in [0.29, 0.717) is 5.82 Å². The van der Waals surface area contributed by atoms with Crippen molar-refractivity contribution in [3.63, 3.8) is 0 Å². The van der Waals surface area contributed by atoms with Gasteiger partial charge in [0.1, 0.15) is 0 Å². The molecule has 4 nitrogen and oxygen atoms in total. The molecule has 308 valence electrons. The van der Waals surface area contributed by atoms with Crippen LogP contribution in [0, 0.1) is 0 Å². The van der Waals surface area contributed by atoms with Crippen molar-refractivity contribution in [3.05, 3.63) is 243 Å². The molecule has 0 saturated carbocycles. The molecule has 0 aliphatic carbocycles. The average Bonchev–Trinajstić information content (AvgIpc) is 3.40. The van der Waals surface area contributed by atoms with Crippen LogP contribution in [0.25, 0.3) is 122 Å². The van der Waals surface area contributed by atoms with E-state index < -0.39 is 0 Å². The van der Waals surface area contributed by atoms with E-state index >= 15 is 0 Å². The molecule has 0 amide bonds. The van der Waals surface area contributed by atoms with E-state index in [-0.39, 0.29) is 0 Å². The summed E-state index contributed by atoms with van der Waals surface area (Å²) in [4.78, 5) is 20.5. The summed E-state index contributed by atoms with van der Waals surface area (Å²) < 4.78 is 0. The highest BCUT2D eigenvalue weighted by Crippen LogP contribution is 2.41. The molecule has 9 aromatic carbocycles. The summed E-state index contributed by atoms with van der Waals surface area (Å²) >= 11 is 0. The smallest absolute Gasteiger partial charge is 0.160 e. The van der Waals surface area contributed by atoms with Gasteiger partial charge < -0.3 is 0 Å². The second-order valence-corrected chi connectivity index (χ2v) is 16.7. The number of hydrogen-bond acceptors (Lipinski definition) is 4. The lowest BCUT2D eigenvalue weighted by Gasteiger charge is -2.17. The Labute approximate surface area is 383 Å². The lowest BCUT2D eigenvalue weighted by atomic mass is 9.91. The van der Waals surface area contributed by atoms with Crippen LogP contribution in [-0.2, 0) is 0 Å². The van der Waals surface area contributed by atoms with E-state index in [4.69, 9.17) is 19.9 Å². The van der Waals surface area contributed by atoms with Crippen molar-refractivity contribution in [3.8, 4) is 89.4 Å². The first kappa shape index (κ1) is 38.8. The predicted molar refractivity (Wildman–Crippen MR) is 274 cm³/mol. The Bertz CT molecular complexity index is 3730. The van der Waals surface area contributed by atoms with Gasteiger partial charge in [0.05, 0.1) is 22.2 Å². The van der Waals surface area contributed by atoms with E-state index in [1.54, 1.807) is 0 Å². The topological polar surface area (TPSA) is 51.6 Å². The first-order valence-corrected chi connectivity index (χ1v) is 22.3. The minimum absolute atomic E-state index is 0.655. The summed E-state index contributed by atoms with van der Waals surface area (Å²) in [5.74, 6) is 0.655. The van der Waals surface area contributed by atoms with Gasteiger partial charge >= 0.3 is 0 Å². The van der Waals surface area contributed by atoms with E-state index in [1.807, 2.05) is 36.7 Å². The quantitative estimate of drug-likeness (QED) is 0.153. The van der Waals surface area contributed by atoms with Crippen molar-refractivity contribution >= 4 is 32.7 Å². The van der Waals surface area contributed by atoms with Crippen LogP contribution in [0.4, 0.5) is 0 Å². The van der Waals surface area contributed by atoms with Gasteiger partial charge in [-0.15, -0.1) is 0 Å². The van der Waals surface area contributed by atoms with Gasteiger partial charge in [-0.2, -0.15) is 0 Å². The monoisotopic (exact) mass is 840 g/mol. The third kappa shape index (κ3) is 7.47. The van der Waals surface area contributed by atoms with Crippen LogP contribution in [0.15, 0.2) is 243 Å². The number of hydrogen-bond donors (Lipinski definition) is 0. The zero-order valence-corrected chi connectivity index (χ0v) is 35.9. The second-order valence-electron chi connectivity index (χ2n) is 16.7. The number of para-hydroxylation sites is 2. The van der Waals surface area contributed by atoms with Crippen molar-refractivity contribution < 1.29 is 0 Å². The van der Waals surface area contributed by atoms with Crippen LogP contribution in [0.2, 0.25) is 0 Å². The lowest BCUT2D eigenvalue weighted by Crippen LogP contribution is -1.98. The van der Waals surface area contributed by atoms with Crippen LogP contribution < -0.4 is 0 Å². The molecular formula is C62H40N4. The molecule has 0 N–H and O–H groups in total. The van der Waals surface area contributed by atoms with Crippen molar-refractivity contribution in [1.82, 2.24) is 19.9 Å². The minimum Gasteiger partial charge on any atom is -0.256 e. The van der Waals surface area contributed by atoms with Gasteiger partial charge in [0, 0.05) is 56.4 Å². The molecule has 0 saturated heterocycles. The van der Waals surface area contributed by atoms with Gasteiger partial charge in [0.15, 0.2) is 5.82 Å². The van der Waals surface area contributed by atoms with Crippen LogP contribution in [0.3, 0.4) is 0 Å². The van der Waals surface area contributed by atoms with Crippen molar-refractivity contribution in [2.45, 2.75) is 0 Å². The zero-order chi connectivity index (χ0) is 43.8. The number of aromatic nitrogens is 4. The van der Waals surface area contributed by atoms with Crippen LogP contribution in [0.5, 0.6) is 0 Å². The first-order valence-electron chi connectivity index (χ1n) is 22.3. The Morgan fingerprint density at radius 3 is 1.27 bits per heavy atom. The molecule has 0 bridgehead atoms. The van der Waals surface area contributed by atoms with Gasteiger partial charge in [-0.1, -0.05) is 182 Å². The Morgan fingerprint density at radius 2 is 0.697 bits per heavy atom. The third-order valence-corrected chi connectivity index (χ3v) is 12.5. The van der Waals surface area contributed by atoms with E-state index in [0.717, 1.165) is 111 Å². The van der Waals surface area contributed by atoms with Gasteiger partial charge in [0.2, 0.25) is 0 Å². The standard InChI is InChI=1S/C62H40N4/c1-3-13-41(14-4-1)47-19-11-21-49(33-47)53-37-56(50-22-12-20-48(34-50)42-15-5-2-6-16-42)61-57(38-53)60(45-29-25-43(26-30-45)54-35-51-17-7-9-23-58(51)63-39-54)65-62(66-61)46-31-27-44(28-32-46)55-36-52-18-8-10-24-59(52)64-40-55/h1-40H. The zero-order valence-electron chi connectivity index (χ0n) is 35.9. The maximum atomic E-state index is 5.52. The van der Waals surface area contributed by atoms with Gasteiger partial charge in [-0.3, -0.25) is 9.97 Å². The Hall–Kier alpha value is -8.86. The fraction of sp³-hybridized carbons (Fsp3) is 0. The maximum Gasteiger partial charge on any atom is 0.160 e. The molecule has 0 radical (unpaired) electrons. The molecule has 0 aliphatic heterocycles. The average molecular weight is 841 g/mol. The predicted octanol–water partition coefficient (Wildman–Crippen LogP) is 16.1. The molecule has 0 fully saturated rings. The number of nitrogens with zero attached hydrogens (tertiary/aromatic N) is 4. The Morgan fingerprint density at radius 1 is 0.258 bits per heavy atom. The Balaban J connectivity index is 1.06. The fourth-order valence-corrected chi connectivity index (χ4v) is 9.06. The molecule has 3 aromatic heterocycles. The van der Waals surface area contributed by atoms with Crippen molar-refractivity contribution in [2.24, 2.45) is 0 Å². The van der Waals surface area contributed by atoms with Crippen LogP contribution >= 0.6 is 0 Å². The molecule has 66 heavy (non-hydrogen) atoms. The molecule has 0 unspecified atom stereocenters. The molecule has 0 spiro atoms. The summed E-state index contributed by atoms with van der Waals surface area (Å²) in [5, 5.41) is 3.20. The summed E-state index contributed by atoms with van der Waals surface area (Å²) in [6.07, 6.45) is 3.90. The molecular weight excluding hydrogens is 801 g/mol. The molecule has 0 aliphatic rings. The second kappa shape index (κ2) is 16.7. The highest BCUT2D eigenvalue weighted by atomic mass is 14.9. The first-order chi connectivity index (χ1) is 32.7. The highest BCUT2D eigenvalue weighted by Gasteiger charge is 2.19. The largest absolute Gasteiger partial charge is 0.256 e. The summed E-state index contributed by atoms with van der Waals surface area (Å²) in [6.45, 7) is 0. The van der Waals surface area contributed by atoms with Gasteiger partial charge in [-0.25, -0.2) is 9.97 Å². The number of fused-ring (bicyclic) bond motifs is 3. The number of pyridine rings is 2. The van der Waals surface area contributed by atoms with Gasteiger partial charge in [-0.05, 0) is 98.6 Å². The molecule has 0 atom stereocenters. The van der Waals surface area contributed by atoms with Crippen molar-refractivity contribution in [1.29, 1.82) is 0 Å². The van der Waals surface area contributed by atoms with Crippen LogP contribution in [-0.4, -0.2) is 19.9 Å². The number of benzene rings is 9. The molecule has 4 heteroatoms. The summed E-state index contributed by atoms with van der Waals surface area (Å²) in [7, 11) is 0. The van der Waals surface area contributed by atoms with E-state index in [2.05, 4.69) is 206 Å².